The molecule has 0 bridgehead atoms. The van der Waals surface area contributed by atoms with Crippen molar-refractivity contribution in [1.82, 2.24) is 9.97 Å². The van der Waals surface area contributed by atoms with Gasteiger partial charge in [-0.2, -0.15) is 0 Å². The number of amides is 1. The van der Waals surface area contributed by atoms with Crippen molar-refractivity contribution < 1.29 is 14.3 Å². The van der Waals surface area contributed by atoms with Crippen molar-refractivity contribution in [3.05, 3.63) is 35.2 Å². The molecule has 1 saturated heterocycles. The summed E-state index contributed by atoms with van der Waals surface area (Å²) in [5.41, 5.74) is 2.61. The number of nitrogens with one attached hydrogen (secondary N) is 1. The van der Waals surface area contributed by atoms with E-state index in [1.54, 1.807) is 18.2 Å². The summed E-state index contributed by atoms with van der Waals surface area (Å²) in [7, 11) is 0. The van der Waals surface area contributed by atoms with Crippen LogP contribution in [-0.2, 0) is 0 Å². The summed E-state index contributed by atoms with van der Waals surface area (Å²) in [5, 5.41) is 2.94. The first-order valence-corrected chi connectivity index (χ1v) is 8.93. The van der Waals surface area contributed by atoms with Gasteiger partial charge in [-0.05, 0) is 38.8 Å². The number of aryl methyl sites for hydroxylation is 2. The van der Waals surface area contributed by atoms with Gasteiger partial charge in [-0.25, -0.2) is 9.97 Å². The van der Waals surface area contributed by atoms with E-state index in [0.717, 1.165) is 30.4 Å². The third-order valence-corrected chi connectivity index (χ3v) is 4.70. The van der Waals surface area contributed by atoms with Gasteiger partial charge in [0.1, 0.15) is 13.2 Å². The molecule has 136 valence electrons. The molecule has 3 heterocycles. The van der Waals surface area contributed by atoms with Crippen LogP contribution in [0.15, 0.2) is 18.2 Å². The Morgan fingerprint density at radius 3 is 2.50 bits per heavy atom. The predicted octanol–water partition coefficient (Wildman–Crippen LogP) is 2.72. The lowest BCUT2D eigenvalue weighted by Gasteiger charge is -2.21. The minimum absolute atomic E-state index is 0.254. The number of benzene rings is 1. The van der Waals surface area contributed by atoms with Gasteiger partial charge in [0.05, 0.1) is 22.6 Å². The van der Waals surface area contributed by atoms with Crippen molar-refractivity contribution in [3.8, 4) is 11.5 Å². The first kappa shape index (κ1) is 16.6. The van der Waals surface area contributed by atoms with Gasteiger partial charge in [-0.1, -0.05) is 6.07 Å². The number of ether oxygens (including phenoxy) is 2. The summed E-state index contributed by atoms with van der Waals surface area (Å²) in [6.45, 7) is 6.68. The number of hydrogen-bond donors (Lipinski definition) is 1. The second-order valence-electron chi connectivity index (χ2n) is 6.55. The number of para-hydroxylation sites is 1. The molecular weight excluding hydrogens is 332 g/mol. The maximum absolute atomic E-state index is 12.8. The Labute approximate surface area is 152 Å². The number of aromatic nitrogens is 2. The molecule has 0 spiro atoms. The third kappa shape index (κ3) is 3.05. The zero-order valence-electron chi connectivity index (χ0n) is 15.0. The predicted molar refractivity (Wildman–Crippen MR) is 98.3 cm³/mol. The number of nitrogens with zero attached hydrogens (tertiary/aromatic N) is 3. The summed E-state index contributed by atoms with van der Waals surface area (Å²) in [6.07, 6.45) is 2.34. The molecule has 1 aromatic heterocycles. The largest absolute Gasteiger partial charge is 0.486 e. The van der Waals surface area contributed by atoms with Crippen LogP contribution in [-0.4, -0.2) is 42.2 Å². The van der Waals surface area contributed by atoms with Crippen LogP contribution in [0.3, 0.4) is 0 Å². The molecule has 1 N–H and O–H groups in total. The lowest BCUT2D eigenvalue weighted by Crippen LogP contribution is -2.23. The molecule has 0 saturated carbocycles. The first-order valence-electron chi connectivity index (χ1n) is 8.93. The van der Waals surface area contributed by atoms with Gasteiger partial charge < -0.3 is 19.7 Å². The van der Waals surface area contributed by atoms with Crippen molar-refractivity contribution >= 4 is 17.5 Å². The summed E-state index contributed by atoms with van der Waals surface area (Å²) in [6, 6.07) is 5.32. The number of hydrogen-bond acceptors (Lipinski definition) is 6. The van der Waals surface area contributed by atoms with Gasteiger partial charge in [-0.3, -0.25) is 4.79 Å². The molecule has 0 unspecified atom stereocenters. The zero-order valence-corrected chi connectivity index (χ0v) is 15.0. The minimum atomic E-state index is -0.254. The highest BCUT2D eigenvalue weighted by atomic mass is 16.6. The van der Waals surface area contributed by atoms with Crippen LogP contribution < -0.4 is 19.7 Å². The van der Waals surface area contributed by atoms with Crippen molar-refractivity contribution in [2.24, 2.45) is 0 Å². The number of carbonyl (C=O) groups is 1. The molecule has 1 fully saturated rings. The Bertz CT molecular complexity index is 824. The Morgan fingerprint density at radius 1 is 1.08 bits per heavy atom. The van der Waals surface area contributed by atoms with Crippen LogP contribution in [0.25, 0.3) is 0 Å². The van der Waals surface area contributed by atoms with Crippen LogP contribution in [0.4, 0.5) is 11.6 Å². The normalized spacial score (nSPS) is 15.8. The van der Waals surface area contributed by atoms with Crippen LogP contribution in [0.2, 0.25) is 0 Å². The molecule has 0 aliphatic carbocycles. The molecule has 2 aromatic rings. The summed E-state index contributed by atoms with van der Waals surface area (Å²) in [4.78, 5) is 24.2. The van der Waals surface area contributed by atoms with E-state index < -0.39 is 0 Å². The highest BCUT2D eigenvalue weighted by Crippen LogP contribution is 2.34. The van der Waals surface area contributed by atoms with Crippen LogP contribution >= 0.6 is 0 Å². The molecule has 7 nitrogen and oxygen atoms in total. The third-order valence-electron chi connectivity index (χ3n) is 4.70. The monoisotopic (exact) mass is 354 g/mol. The summed E-state index contributed by atoms with van der Waals surface area (Å²) >= 11 is 0. The topological polar surface area (TPSA) is 76.6 Å². The highest BCUT2D eigenvalue weighted by Gasteiger charge is 2.23. The van der Waals surface area contributed by atoms with Crippen LogP contribution in [0, 0.1) is 13.8 Å². The smallest absolute Gasteiger partial charge is 0.259 e. The molecule has 2 aliphatic heterocycles. The maximum Gasteiger partial charge on any atom is 0.259 e. The quantitative estimate of drug-likeness (QED) is 0.913. The lowest BCUT2D eigenvalue weighted by atomic mass is 10.1. The zero-order chi connectivity index (χ0) is 18.1. The molecule has 0 radical (unpaired) electrons. The van der Waals surface area contributed by atoms with Crippen molar-refractivity contribution in [3.63, 3.8) is 0 Å². The van der Waals surface area contributed by atoms with Gasteiger partial charge in [-0.15, -0.1) is 0 Å². The molecule has 26 heavy (non-hydrogen) atoms. The van der Waals surface area contributed by atoms with E-state index in [0.29, 0.717) is 36.0 Å². The van der Waals surface area contributed by atoms with E-state index in [1.807, 2.05) is 13.8 Å². The Hall–Kier alpha value is -2.83. The molecular formula is C19H22N4O3. The Balaban J connectivity index is 1.60. The Morgan fingerprint density at radius 2 is 1.77 bits per heavy atom. The lowest BCUT2D eigenvalue weighted by molar-refractivity contribution is 0.101. The van der Waals surface area contributed by atoms with Gasteiger partial charge in [0.25, 0.3) is 5.91 Å². The number of anilines is 2. The molecule has 0 atom stereocenters. The van der Waals surface area contributed by atoms with Crippen molar-refractivity contribution in [2.75, 3.05) is 36.5 Å². The first-order chi connectivity index (χ1) is 12.6. The van der Waals surface area contributed by atoms with Gasteiger partial charge in [0.15, 0.2) is 11.5 Å². The SMILES string of the molecule is Cc1nc(N2CCCC2)nc(C)c1NC(=O)c1cccc2c1OCCO2. The van der Waals surface area contributed by atoms with E-state index in [1.165, 1.54) is 12.8 Å². The fourth-order valence-corrected chi connectivity index (χ4v) is 3.37. The van der Waals surface area contributed by atoms with Gasteiger partial charge in [0, 0.05) is 13.1 Å². The fraction of sp³-hybridized carbons (Fsp3) is 0.421. The number of fused-ring (bicyclic) bond motifs is 1. The van der Waals surface area contributed by atoms with Gasteiger partial charge in [0.2, 0.25) is 5.95 Å². The van der Waals surface area contributed by atoms with E-state index >= 15 is 0 Å². The van der Waals surface area contributed by atoms with E-state index in [2.05, 4.69) is 20.2 Å². The summed E-state index contributed by atoms with van der Waals surface area (Å²) < 4.78 is 11.2. The van der Waals surface area contributed by atoms with E-state index in [-0.39, 0.29) is 5.91 Å². The summed E-state index contributed by atoms with van der Waals surface area (Å²) in [5.74, 6) is 1.57. The van der Waals surface area contributed by atoms with E-state index in [9.17, 15) is 4.79 Å². The maximum atomic E-state index is 12.8. The molecule has 1 aromatic carbocycles. The highest BCUT2D eigenvalue weighted by molar-refractivity contribution is 6.07. The molecule has 1 amide bonds. The average molecular weight is 354 g/mol. The van der Waals surface area contributed by atoms with Crippen LogP contribution in [0.5, 0.6) is 11.5 Å². The molecule has 2 aliphatic rings. The standard InChI is InChI=1S/C19H22N4O3/c1-12-16(13(2)21-19(20-12)23-8-3-4-9-23)22-18(24)14-6-5-7-15-17(14)26-11-10-25-15/h5-7H,3-4,8-11H2,1-2H3,(H,22,24). The fourth-order valence-electron chi connectivity index (χ4n) is 3.37. The van der Waals surface area contributed by atoms with Crippen molar-refractivity contribution in [1.29, 1.82) is 0 Å². The second-order valence-corrected chi connectivity index (χ2v) is 6.55. The minimum Gasteiger partial charge on any atom is -0.486 e. The average Bonchev–Trinajstić information content (AvgIpc) is 3.18. The van der Waals surface area contributed by atoms with Gasteiger partial charge >= 0.3 is 0 Å². The number of rotatable bonds is 3. The number of carbonyl (C=O) groups excluding carboxylic acids is 1. The van der Waals surface area contributed by atoms with Crippen molar-refractivity contribution in [2.45, 2.75) is 26.7 Å². The van der Waals surface area contributed by atoms with E-state index in [4.69, 9.17) is 9.47 Å². The Kier molecular flexibility index (Phi) is 4.36. The van der Waals surface area contributed by atoms with Crippen LogP contribution in [0.1, 0.15) is 34.6 Å². The molecule has 4 rings (SSSR count). The molecule has 7 heteroatoms. The second kappa shape index (κ2) is 6.82.